The van der Waals surface area contributed by atoms with Crippen molar-refractivity contribution >= 4 is 11.8 Å². The summed E-state index contributed by atoms with van der Waals surface area (Å²) in [5.74, 6) is 2.45. The number of nitrogens with one attached hydrogen (secondary N) is 3. The van der Waals surface area contributed by atoms with E-state index in [-0.39, 0.29) is 29.7 Å². The molecule has 0 radical (unpaired) electrons. The molecule has 1 saturated heterocycles. The van der Waals surface area contributed by atoms with Crippen molar-refractivity contribution in [2.75, 3.05) is 26.2 Å². The first-order valence-corrected chi connectivity index (χ1v) is 9.93. The highest BCUT2D eigenvalue weighted by Gasteiger charge is 2.51. The Bertz CT molecular complexity index is 501. The molecule has 4 aliphatic carbocycles. The number of β-amino-alcohol motifs (C(OH)–C–C–N with tert-alkyl or cyclic N) is 1. The smallest absolute Gasteiger partial charge is 0.239 e. The molecule has 2 atom stereocenters. The highest BCUT2D eigenvalue weighted by molar-refractivity contribution is 5.84. The minimum atomic E-state index is -0.397. The lowest BCUT2D eigenvalue weighted by molar-refractivity contribution is -0.132. The molecule has 5 fully saturated rings. The maximum absolute atomic E-state index is 12.4. The number of amides is 2. The fraction of sp³-hybridized carbons (Fsp3) is 0.895. The highest BCUT2D eigenvalue weighted by atomic mass is 16.3. The fourth-order valence-electron chi connectivity index (χ4n) is 6.32. The molecule has 5 rings (SSSR count). The van der Waals surface area contributed by atoms with E-state index in [9.17, 15) is 14.7 Å². The van der Waals surface area contributed by atoms with Crippen molar-refractivity contribution in [1.29, 1.82) is 0 Å². The molecule has 6 nitrogen and oxygen atoms in total. The zero-order valence-corrected chi connectivity index (χ0v) is 14.9. The second-order valence-electron chi connectivity index (χ2n) is 9.16. The van der Waals surface area contributed by atoms with Crippen LogP contribution in [0.1, 0.15) is 44.9 Å². The number of rotatable bonds is 6. The molecule has 4 N–H and O–H groups in total. The van der Waals surface area contributed by atoms with Gasteiger partial charge in [-0.3, -0.25) is 9.59 Å². The third-order valence-electron chi connectivity index (χ3n) is 7.01. The maximum atomic E-state index is 12.4. The standard InChI is InChI=1S/C19H31N3O3/c23-16-10-20-8-15(16)9-21-18(25)11-22-17(24)7-19-4-12-1-13(5-19)3-14(2-12)6-19/h12-16,20,23H,1-11H2,(H,21,25)(H,22,24). The van der Waals surface area contributed by atoms with Crippen LogP contribution in [0.4, 0.5) is 0 Å². The summed E-state index contributed by atoms with van der Waals surface area (Å²) in [6.45, 7) is 1.81. The minimum absolute atomic E-state index is 0.0275. The molecule has 0 aromatic heterocycles. The van der Waals surface area contributed by atoms with Gasteiger partial charge in [-0.05, 0) is 61.7 Å². The molecular weight excluding hydrogens is 318 g/mol. The van der Waals surface area contributed by atoms with E-state index in [4.69, 9.17) is 0 Å². The van der Waals surface area contributed by atoms with Gasteiger partial charge in [-0.25, -0.2) is 0 Å². The molecule has 4 bridgehead atoms. The topological polar surface area (TPSA) is 90.5 Å². The fourth-order valence-corrected chi connectivity index (χ4v) is 6.32. The average molecular weight is 349 g/mol. The molecule has 140 valence electrons. The zero-order valence-electron chi connectivity index (χ0n) is 14.9. The van der Waals surface area contributed by atoms with Crippen molar-refractivity contribution in [2.24, 2.45) is 29.1 Å². The Balaban J connectivity index is 1.20. The van der Waals surface area contributed by atoms with Crippen LogP contribution in [0.2, 0.25) is 0 Å². The average Bonchev–Trinajstić information content (AvgIpc) is 2.94. The van der Waals surface area contributed by atoms with E-state index < -0.39 is 6.10 Å². The maximum Gasteiger partial charge on any atom is 0.239 e. The zero-order chi connectivity index (χ0) is 17.4. The van der Waals surface area contributed by atoms with Gasteiger partial charge in [0.15, 0.2) is 0 Å². The molecule has 2 unspecified atom stereocenters. The van der Waals surface area contributed by atoms with Crippen molar-refractivity contribution in [3.05, 3.63) is 0 Å². The monoisotopic (exact) mass is 349 g/mol. The van der Waals surface area contributed by atoms with Crippen LogP contribution in [0.15, 0.2) is 0 Å². The molecule has 1 heterocycles. The van der Waals surface area contributed by atoms with Crippen LogP contribution in [-0.2, 0) is 9.59 Å². The van der Waals surface area contributed by atoms with Crippen LogP contribution < -0.4 is 16.0 Å². The molecule has 1 aliphatic heterocycles. The van der Waals surface area contributed by atoms with Crippen LogP contribution >= 0.6 is 0 Å². The Kier molecular flexibility index (Phi) is 4.75. The Morgan fingerprint density at radius 2 is 1.60 bits per heavy atom. The summed E-state index contributed by atoms with van der Waals surface area (Å²) in [5.41, 5.74) is 0.217. The predicted octanol–water partition coefficient (Wildman–Crippen LogP) is 0.406. The Morgan fingerprint density at radius 3 is 2.16 bits per heavy atom. The van der Waals surface area contributed by atoms with Crippen LogP contribution in [0, 0.1) is 29.1 Å². The van der Waals surface area contributed by atoms with E-state index in [1.54, 1.807) is 0 Å². The number of aliphatic hydroxyl groups excluding tert-OH is 1. The lowest BCUT2D eigenvalue weighted by Crippen LogP contribution is -2.48. The van der Waals surface area contributed by atoms with Gasteiger partial charge in [-0.2, -0.15) is 0 Å². The second-order valence-corrected chi connectivity index (χ2v) is 9.16. The van der Waals surface area contributed by atoms with Gasteiger partial charge in [0.25, 0.3) is 0 Å². The number of hydrogen-bond acceptors (Lipinski definition) is 4. The summed E-state index contributed by atoms with van der Waals surface area (Å²) in [7, 11) is 0. The van der Waals surface area contributed by atoms with Crippen molar-refractivity contribution in [2.45, 2.75) is 51.0 Å². The van der Waals surface area contributed by atoms with Crippen LogP contribution in [0.3, 0.4) is 0 Å². The number of aliphatic hydroxyl groups is 1. The van der Waals surface area contributed by atoms with Crippen molar-refractivity contribution in [1.82, 2.24) is 16.0 Å². The van der Waals surface area contributed by atoms with Gasteiger partial charge in [0.2, 0.25) is 11.8 Å². The molecule has 6 heteroatoms. The normalized spacial score (nSPS) is 41.7. The Hall–Kier alpha value is -1.14. The Morgan fingerprint density at radius 1 is 0.960 bits per heavy atom. The van der Waals surface area contributed by atoms with E-state index in [1.807, 2.05) is 0 Å². The first-order valence-electron chi connectivity index (χ1n) is 9.93. The van der Waals surface area contributed by atoms with Gasteiger partial charge in [0, 0.05) is 32.0 Å². The number of carbonyl (C=O) groups excluding carboxylic acids is 2. The van der Waals surface area contributed by atoms with Gasteiger partial charge in [-0.1, -0.05) is 0 Å². The highest BCUT2D eigenvalue weighted by Crippen LogP contribution is 2.61. The van der Waals surface area contributed by atoms with Crippen molar-refractivity contribution in [3.63, 3.8) is 0 Å². The SMILES string of the molecule is O=C(CNC(=O)CC12CC3CC(CC(C3)C1)C2)NCC1CNCC1O. The predicted molar refractivity (Wildman–Crippen MR) is 93.6 cm³/mol. The Labute approximate surface area is 149 Å². The molecule has 2 amide bonds. The number of carbonyl (C=O) groups is 2. The third kappa shape index (κ3) is 3.85. The quantitative estimate of drug-likeness (QED) is 0.559. The minimum Gasteiger partial charge on any atom is -0.391 e. The van der Waals surface area contributed by atoms with Crippen molar-refractivity contribution in [3.8, 4) is 0 Å². The van der Waals surface area contributed by atoms with Crippen LogP contribution in [-0.4, -0.2) is 49.2 Å². The van der Waals surface area contributed by atoms with Gasteiger partial charge < -0.3 is 21.1 Å². The van der Waals surface area contributed by atoms with E-state index in [2.05, 4.69) is 16.0 Å². The summed E-state index contributed by atoms with van der Waals surface area (Å²) < 4.78 is 0. The summed E-state index contributed by atoms with van der Waals surface area (Å²) in [4.78, 5) is 24.4. The summed E-state index contributed by atoms with van der Waals surface area (Å²) in [5, 5.41) is 18.5. The van der Waals surface area contributed by atoms with Gasteiger partial charge >= 0.3 is 0 Å². The first-order chi connectivity index (χ1) is 12.0. The van der Waals surface area contributed by atoms with E-state index in [1.165, 1.54) is 38.5 Å². The van der Waals surface area contributed by atoms with Crippen LogP contribution in [0.25, 0.3) is 0 Å². The molecule has 4 saturated carbocycles. The van der Waals surface area contributed by atoms with Gasteiger partial charge in [0.1, 0.15) is 0 Å². The largest absolute Gasteiger partial charge is 0.391 e. The molecule has 0 aromatic rings. The molecule has 5 aliphatic rings. The molecule has 0 aromatic carbocycles. The van der Waals surface area contributed by atoms with Crippen molar-refractivity contribution < 1.29 is 14.7 Å². The second kappa shape index (κ2) is 6.88. The van der Waals surface area contributed by atoms with E-state index in [0.717, 1.165) is 24.3 Å². The lowest BCUT2D eigenvalue weighted by Gasteiger charge is -2.56. The van der Waals surface area contributed by atoms with Crippen LogP contribution in [0.5, 0.6) is 0 Å². The lowest BCUT2D eigenvalue weighted by atomic mass is 9.49. The first kappa shape index (κ1) is 17.3. The van der Waals surface area contributed by atoms with E-state index in [0.29, 0.717) is 19.5 Å². The van der Waals surface area contributed by atoms with Gasteiger partial charge in [-0.15, -0.1) is 0 Å². The summed E-state index contributed by atoms with van der Waals surface area (Å²) in [6, 6.07) is 0. The molecule has 0 spiro atoms. The van der Waals surface area contributed by atoms with Gasteiger partial charge in [0.05, 0.1) is 12.6 Å². The number of hydrogen-bond donors (Lipinski definition) is 4. The van der Waals surface area contributed by atoms with E-state index >= 15 is 0 Å². The molecular formula is C19H31N3O3. The molecule has 25 heavy (non-hydrogen) atoms. The third-order valence-corrected chi connectivity index (χ3v) is 7.01. The summed E-state index contributed by atoms with van der Waals surface area (Å²) in [6.07, 6.45) is 7.98. The summed E-state index contributed by atoms with van der Waals surface area (Å²) >= 11 is 0.